The molecule has 0 atom stereocenters. The molecular weight excluding hydrogens is 218 g/mol. The summed E-state index contributed by atoms with van der Waals surface area (Å²) in [7, 11) is -3.43. The summed E-state index contributed by atoms with van der Waals surface area (Å²) < 4.78 is 23.8. The van der Waals surface area contributed by atoms with Crippen molar-refractivity contribution in [1.82, 2.24) is 25.2 Å². The highest BCUT2D eigenvalue weighted by Gasteiger charge is 2.18. The number of rotatable bonds is 2. The molecule has 0 aliphatic rings. The van der Waals surface area contributed by atoms with Crippen LogP contribution in [0, 0.1) is 0 Å². The van der Waals surface area contributed by atoms with Crippen molar-refractivity contribution in [1.29, 1.82) is 0 Å². The first-order valence-corrected chi connectivity index (χ1v) is 5.87. The minimum atomic E-state index is -3.43. The van der Waals surface area contributed by atoms with Crippen molar-refractivity contribution in [2.24, 2.45) is 0 Å². The number of sulfone groups is 1. The molecule has 0 bridgehead atoms. The quantitative estimate of drug-likeness (QED) is 0.681. The van der Waals surface area contributed by atoms with E-state index >= 15 is 0 Å². The highest BCUT2D eigenvalue weighted by Crippen LogP contribution is 2.09. The maximum Gasteiger partial charge on any atom is 0.272 e. The van der Waals surface area contributed by atoms with Crippen LogP contribution in [-0.2, 0) is 9.84 Å². The van der Waals surface area contributed by atoms with Gasteiger partial charge in [-0.2, -0.15) is 4.68 Å². The Bertz CT molecular complexity index is 562. The van der Waals surface area contributed by atoms with Crippen LogP contribution in [0.4, 0.5) is 0 Å². The minimum absolute atomic E-state index is 0.186. The Labute approximate surface area is 85.7 Å². The SMILES string of the molecule is CS(=O)(=O)c1nnnn1-c1ccncc1. The lowest BCUT2D eigenvalue weighted by Crippen LogP contribution is -2.08. The van der Waals surface area contributed by atoms with E-state index in [2.05, 4.69) is 20.5 Å². The normalized spacial score (nSPS) is 11.5. The van der Waals surface area contributed by atoms with Gasteiger partial charge in [0.25, 0.3) is 5.16 Å². The predicted molar refractivity (Wildman–Crippen MR) is 50.1 cm³/mol. The molecule has 2 aromatic heterocycles. The fourth-order valence-corrected chi connectivity index (χ4v) is 1.70. The van der Waals surface area contributed by atoms with Crippen molar-refractivity contribution >= 4 is 9.84 Å². The second-order valence-electron chi connectivity index (χ2n) is 2.85. The van der Waals surface area contributed by atoms with E-state index in [1.54, 1.807) is 12.1 Å². The summed E-state index contributed by atoms with van der Waals surface area (Å²) in [5.74, 6) is 0. The Kier molecular flexibility index (Phi) is 2.19. The zero-order chi connectivity index (χ0) is 10.9. The fourth-order valence-electron chi connectivity index (χ4n) is 1.06. The van der Waals surface area contributed by atoms with E-state index in [0.717, 1.165) is 10.9 Å². The molecule has 2 aromatic rings. The predicted octanol–water partition coefficient (Wildman–Crippen LogP) is -0.539. The second-order valence-corrected chi connectivity index (χ2v) is 4.76. The summed E-state index contributed by atoms with van der Waals surface area (Å²) in [6.07, 6.45) is 4.11. The summed E-state index contributed by atoms with van der Waals surface area (Å²) in [5, 5.41) is 10.2. The van der Waals surface area contributed by atoms with Crippen molar-refractivity contribution in [3.8, 4) is 5.69 Å². The number of tetrazole rings is 1. The molecule has 0 saturated carbocycles. The highest BCUT2D eigenvalue weighted by atomic mass is 32.2. The Morgan fingerprint density at radius 3 is 2.53 bits per heavy atom. The van der Waals surface area contributed by atoms with E-state index in [4.69, 9.17) is 0 Å². The van der Waals surface area contributed by atoms with Gasteiger partial charge in [0.1, 0.15) is 0 Å². The van der Waals surface area contributed by atoms with Gasteiger partial charge in [-0.15, -0.1) is 0 Å². The van der Waals surface area contributed by atoms with Gasteiger partial charge in [-0.3, -0.25) is 4.98 Å². The van der Waals surface area contributed by atoms with Crippen LogP contribution in [0.25, 0.3) is 5.69 Å². The van der Waals surface area contributed by atoms with Gasteiger partial charge in [0.2, 0.25) is 9.84 Å². The van der Waals surface area contributed by atoms with Crippen molar-refractivity contribution in [2.45, 2.75) is 5.16 Å². The number of hydrogen-bond acceptors (Lipinski definition) is 6. The van der Waals surface area contributed by atoms with E-state index in [-0.39, 0.29) is 5.16 Å². The van der Waals surface area contributed by atoms with E-state index in [0.29, 0.717) is 5.69 Å². The molecule has 15 heavy (non-hydrogen) atoms. The smallest absolute Gasteiger partial charge is 0.265 e. The van der Waals surface area contributed by atoms with E-state index in [9.17, 15) is 8.42 Å². The van der Waals surface area contributed by atoms with Gasteiger partial charge in [-0.25, -0.2) is 8.42 Å². The van der Waals surface area contributed by atoms with Gasteiger partial charge in [0.15, 0.2) is 0 Å². The van der Waals surface area contributed by atoms with Gasteiger partial charge in [-0.05, 0) is 22.6 Å². The Morgan fingerprint density at radius 1 is 1.27 bits per heavy atom. The summed E-state index contributed by atoms with van der Waals surface area (Å²) >= 11 is 0. The first-order valence-electron chi connectivity index (χ1n) is 3.98. The lowest BCUT2D eigenvalue weighted by atomic mass is 10.4. The first-order chi connectivity index (χ1) is 7.09. The van der Waals surface area contributed by atoms with Crippen LogP contribution in [0.5, 0.6) is 0 Å². The molecule has 0 saturated heterocycles. The molecule has 8 heteroatoms. The van der Waals surface area contributed by atoms with Crippen molar-refractivity contribution in [2.75, 3.05) is 6.26 Å². The van der Waals surface area contributed by atoms with Crippen LogP contribution < -0.4 is 0 Å². The lowest BCUT2D eigenvalue weighted by Gasteiger charge is -2.00. The Balaban J connectivity index is 2.61. The Hall–Kier alpha value is -1.83. The largest absolute Gasteiger partial charge is 0.272 e. The highest BCUT2D eigenvalue weighted by molar-refractivity contribution is 7.90. The summed E-state index contributed by atoms with van der Waals surface area (Å²) in [4.78, 5) is 3.82. The van der Waals surface area contributed by atoms with E-state index in [1.165, 1.54) is 12.4 Å². The number of pyridine rings is 1. The number of nitrogens with zero attached hydrogens (tertiary/aromatic N) is 5. The number of hydrogen-bond donors (Lipinski definition) is 0. The topological polar surface area (TPSA) is 90.6 Å². The molecule has 0 amide bonds. The van der Waals surface area contributed by atoms with Crippen LogP contribution in [0.15, 0.2) is 29.7 Å². The third-order valence-corrected chi connectivity index (χ3v) is 2.60. The summed E-state index contributed by atoms with van der Waals surface area (Å²) in [6.45, 7) is 0. The summed E-state index contributed by atoms with van der Waals surface area (Å²) in [5.41, 5.74) is 0.551. The average molecular weight is 225 g/mol. The van der Waals surface area contributed by atoms with Crippen LogP contribution in [0.2, 0.25) is 0 Å². The molecule has 2 rings (SSSR count). The van der Waals surface area contributed by atoms with Crippen molar-refractivity contribution in [3.05, 3.63) is 24.5 Å². The molecule has 0 aliphatic heterocycles. The molecule has 0 aliphatic carbocycles. The zero-order valence-corrected chi connectivity index (χ0v) is 8.59. The van der Waals surface area contributed by atoms with E-state index in [1.807, 2.05) is 0 Å². The molecule has 0 fully saturated rings. The molecule has 7 nitrogen and oxygen atoms in total. The average Bonchev–Trinajstić information content (AvgIpc) is 2.67. The molecule has 0 unspecified atom stereocenters. The molecule has 2 heterocycles. The molecule has 0 spiro atoms. The van der Waals surface area contributed by atoms with Gasteiger partial charge in [0, 0.05) is 18.6 Å². The van der Waals surface area contributed by atoms with Crippen LogP contribution >= 0.6 is 0 Å². The second kappa shape index (κ2) is 3.39. The van der Waals surface area contributed by atoms with Crippen molar-refractivity contribution in [3.63, 3.8) is 0 Å². The number of aromatic nitrogens is 5. The van der Waals surface area contributed by atoms with Gasteiger partial charge < -0.3 is 0 Å². The van der Waals surface area contributed by atoms with Crippen LogP contribution in [-0.4, -0.2) is 39.9 Å². The molecule has 0 aromatic carbocycles. The first kappa shape index (κ1) is 9.71. The monoisotopic (exact) mass is 225 g/mol. The van der Waals surface area contributed by atoms with Gasteiger partial charge in [0.05, 0.1) is 5.69 Å². The maximum absolute atomic E-state index is 11.3. The molecular formula is C7H7N5O2S. The zero-order valence-electron chi connectivity index (χ0n) is 7.77. The standard InChI is InChI=1S/C7H7N5O2S/c1-15(13,14)7-9-10-11-12(7)6-2-4-8-5-3-6/h2-5H,1H3. The molecule has 0 radical (unpaired) electrons. The van der Waals surface area contributed by atoms with Crippen LogP contribution in [0.3, 0.4) is 0 Å². The van der Waals surface area contributed by atoms with Gasteiger partial charge >= 0.3 is 0 Å². The fraction of sp³-hybridized carbons (Fsp3) is 0.143. The minimum Gasteiger partial charge on any atom is -0.265 e. The van der Waals surface area contributed by atoms with Crippen molar-refractivity contribution < 1.29 is 8.42 Å². The molecule has 78 valence electrons. The maximum atomic E-state index is 11.3. The van der Waals surface area contributed by atoms with Crippen LogP contribution in [0.1, 0.15) is 0 Å². The Morgan fingerprint density at radius 2 is 1.93 bits per heavy atom. The lowest BCUT2D eigenvalue weighted by molar-refractivity contribution is 0.586. The van der Waals surface area contributed by atoms with Gasteiger partial charge in [-0.1, -0.05) is 5.10 Å². The van der Waals surface area contributed by atoms with E-state index < -0.39 is 9.84 Å². The molecule has 0 N–H and O–H groups in total. The third kappa shape index (κ3) is 1.84. The third-order valence-electron chi connectivity index (χ3n) is 1.68. The summed E-state index contributed by atoms with van der Waals surface area (Å²) in [6, 6.07) is 3.23.